The minimum Gasteiger partial charge on any atom is -0.497 e. The lowest BCUT2D eigenvalue weighted by Crippen LogP contribution is -2.44. The molecule has 0 aromatic heterocycles. The standard InChI is InChI=1S/C19H32N4O/c1-5-20-19(22-14-17-8-7-9-23(17)6-2)21-13-16-10-15(3)11-18(12-16)24-4/h10-12,17H,5-9,13-14H2,1-4H3,(H2,20,21,22). The van der Waals surface area contributed by atoms with Crippen LogP contribution in [0.3, 0.4) is 0 Å². The second-order valence-corrected chi connectivity index (χ2v) is 6.36. The minimum atomic E-state index is 0.623. The van der Waals surface area contributed by atoms with Crippen LogP contribution in [-0.4, -0.2) is 50.2 Å². The van der Waals surface area contributed by atoms with Crippen LogP contribution >= 0.6 is 0 Å². The number of nitrogens with zero attached hydrogens (tertiary/aromatic N) is 2. The summed E-state index contributed by atoms with van der Waals surface area (Å²) in [6, 6.07) is 6.87. The molecule has 1 heterocycles. The van der Waals surface area contributed by atoms with Crippen LogP contribution in [0, 0.1) is 6.92 Å². The van der Waals surface area contributed by atoms with Gasteiger partial charge in [-0.3, -0.25) is 4.90 Å². The second-order valence-electron chi connectivity index (χ2n) is 6.36. The number of nitrogens with one attached hydrogen (secondary N) is 2. The Labute approximate surface area is 146 Å². The summed E-state index contributed by atoms with van der Waals surface area (Å²) in [7, 11) is 1.70. The van der Waals surface area contributed by atoms with E-state index in [-0.39, 0.29) is 0 Å². The number of hydrogen-bond acceptors (Lipinski definition) is 3. The van der Waals surface area contributed by atoms with Gasteiger partial charge in [0.1, 0.15) is 5.75 Å². The van der Waals surface area contributed by atoms with Crippen LogP contribution < -0.4 is 15.4 Å². The molecule has 2 N–H and O–H groups in total. The van der Waals surface area contributed by atoms with Gasteiger partial charge in [0.2, 0.25) is 0 Å². The van der Waals surface area contributed by atoms with Crippen molar-refractivity contribution in [2.24, 2.45) is 4.99 Å². The van der Waals surface area contributed by atoms with Crippen LogP contribution in [0.25, 0.3) is 0 Å². The Hall–Kier alpha value is -1.75. The first-order chi connectivity index (χ1) is 11.7. The maximum absolute atomic E-state index is 5.34. The lowest BCUT2D eigenvalue weighted by molar-refractivity contribution is 0.267. The smallest absolute Gasteiger partial charge is 0.191 e. The quantitative estimate of drug-likeness (QED) is 0.595. The number of guanidine groups is 1. The third kappa shape index (κ3) is 5.41. The number of ether oxygens (including phenoxy) is 1. The molecule has 1 aromatic carbocycles. The van der Waals surface area contributed by atoms with Crippen molar-refractivity contribution in [2.75, 3.05) is 33.3 Å². The number of methoxy groups -OCH3 is 1. The van der Waals surface area contributed by atoms with E-state index < -0.39 is 0 Å². The van der Waals surface area contributed by atoms with Gasteiger partial charge in [-0.1, -0.05) is 13.0 Å². The normalized spacial score (nSPS) is 18.7. The van der Waals surface area contributed by atoms with Crippen molar-refractivity contribution in [1.82, 2.24) is 15.5 Å². The highest BCUT2D eigenvalue weighted by molar-refractivity contribution is 5.79. The summed E-state index contributed by atoms with van der Waals surface area (Å²) in [6.07, 6.45) is 2.58. The fraction of sp³-hybridized carbons (Fsp3) is 0.632. The van der Waals surface area contributed by atoms with Gasteiger partial charge in [0, 0.05) is 19.1 Å². The predicted octanol–water partition coefficient (Wildman–Crippen LogP) is 2.54. The molecule has 134 valence electrons. The van der Waals surface area contributed by atoms with Gasteiger partial charge in [-0.15, -0.1) is 0 Å². The first kappa shape index (κ1) is 18.6. The van der Waals surface area contributed by atoms with E-state index in [2.05, 4.69) is 48.4 Å². The Morgan fingerprint density at radius 3 is 2.83 bits per heavy atom. The Morgan fingerprint density at radius 2 is 2.12 bits per heavy atom. The van der Waals surface area contributed by atoms with Gasteiger partial charge < -0.3 is 15.4 Å². The van der Waals surface area contributed by atoms with Crippen molar-refractivity contribution >= 4 is 5.96 Å². The fourth-order valence-corrected chi connectivity index (χ4v) is 3.30. The van der Waals surface area contributed by atoms with Crippen molar-refractivity contribution in [3.63, 3.8) is 0 Å². The third-order valence-electron chi connectivity index (χ3n) is 4.52. The molecular formula is C19H32N4O. The fourth-order valence-electron chi connectivity index (χ4n) is 3.30. The Kier molecular flexibility index (Phi) is 7.37. The van der Waals surface area contributed by atoms with E-state index in [9.17, 15) is 0 Å². The molecule has 1 fully saturated rings. The number of likely N-dealkylation sites (tertiary alicyclic amines) is 1. The summed E-state index contributed by atoms with van der Waals surface area (Å²) in [4.78, 5) is 7.28. The molecule has 1 aliphatic rings. The van der Waals surface area contributed by atoms with Crippen LogP contribution in [0.1, 0.15) is 37.8 Å². The highest BCUT2D eigenvalue weighted by Gasteiger charge is 2.22. The molecule has 5 heteroatoms. The van der Waals surface area contributed by atoms with Crippen LogP contribution in [0.4, 0.5) is 0 Å². The summed E-state index contributed by atoms with van der Waals surface area (Å²) in [5, 5.41) is 6.85. The molecule has 1 aromatic rings. The molecule has 0 saturated carbocycles. The molecule has 0 spiro atoms. The topological polar surface area (TPSA) is 48.9 Å². The highest BCUT2D eigenvalue weighted by Crippen LogP contribution is 2.17. The van der Waals surface area contributed by atoms with Crippen LogP contribution in [0.5, 0.6) is 5.75 Å². The van der Waals surface area contributed by atoms with Gasteiger partial charge >= 0.3 is 0 Å². The lowest BCUT2D eigenvalue weighted by atomic mass is 10.1. The number of benzene rings is 1. The zero-order chi connectivity index (χ0) is 17.4. The monoisotopic (exact) mass is 332 g/mol. The zero-order valence-electron chi connectivity index (χ0n) is 15.6. The molecule has 0 bridgehead atoms. The van der Waals surface area contributed by atoms with E-state index in [0.29, 0.717) is 12.6 Å². The molecule has 1 atom stereocenters. The predicted molar refractivity (Wildman–Crippen MR) is 101 cm³/mol. The zero-order valence-corrected chi connectivity index (χ0v) is 15.6. The summed E-state index contributed by atoms with van der Waals surface area (Å²) >= 11 is 0. The van der Waals surface area contributed by atoms with Gasteiger partial charge in [0.05, 0.1) is 13.7 Å². The molecular weight excluding hydrogens is 300 g/mol. The van der Waals surface area contributed by atoms with Gasteiger partial charge in [-0.2, -0.15) is 0 Å². The summed E-state index contributed by atoms with van der Waals surface area (Å²) in [5.41, 5.74) is 2.36. The van der Waals surface area contributed by atoms with Crippen LogP contribution in [0.15, 0.2) is 23.2 Å². The van der Waals surface area contributed by atoms with E-state index in [4.69, 9.17) is 9.73 Å². The van der Waals surface area contributed by atoms with Crippen molar-refractivity contribution < 1.29 is 4.74 Å². The van der Waals surface area contributed by atoms with E-state index >= 15 is 0 Å². The number of aliphatic imine (C=N–C) groups is 1. The van der Waals surface area contributed by atoms with E-state index in [1.54, 1.807) is 7.11 Å². The molecule has 1 unspecified atom stereocenters. The Morgan fingerprint density at radius 1 is 1.29 bits per heavy atom. The summed E-state index contributed by atoms with van der Waals surface area (Å²) < 4.78 is 5.34. The van der Waals surface area contributed by atoms with Gasteiger partial charge in [-0.05, 0) is 63.0 Å². The molecule has 0 amide bonds. The van der Waals surface area contributed by atoms with Crippen molar-refractivity contribution in [2.45, 2.75) is 46.2 Å². The average Bonchev–Trinajstić information content (AvgIpc) is 3.04. The van der Waals surface area contributed by atoms with Gasteiger partial charge in [0.15, 0.2) is 5.96 Å². The number of hydrogen-bond donors (Lipinski definition) is 2. The van der Waals surface area contributed by atoms with Gasteiger partial charge in [0.25, 0.3) is 0 Å². The van der Waals surface area contributed by atoms with Gasteiger partial charge in [-0.25, -0.2) is 4.99 Å². The van der Waals surface area contributed by atoms with E-state index in [0.717, 1.165) is 31.3 Å². The maximum atomic E-state index is 5.34. The van der Waals surface area contributed by atoms with Crippen molar-refractivity contribution in [3.05, 3.63) is 29.3 Å². The lowest BCUT2D eigenvalue weighted by Gasteiger charge is -2.24. The van der Waals surface area contributed by atoms with E-state index in [1.807, 2.05) is 6.07 Å². The van der Waals surface area contributed by atoms with Crippen LogP contribution in [-0.2, 0) is 6.54 Å². The van der Waals surface area contributed by atoms with E-state index in [1.165, 1.54) is 30.5 Å². The molecule has 2 rings (SSSR count). The number of aryl methyl sites for hydroxylation is 1. The SMILES string of the molecule is CCNC(=NCc1cc(C)cc(OC)c1)NCC1CCCN1CC. The summed E-state index contributed by atoms with van der Waals surface area (Å²) in [6.45, 7) is 11.2. The highest BCUT2D eigenvalue weighted by atomic mass is 16.5. The molecule has 0 radical (unpaired) electrons. The van der Waals surface area contributed by atoms with Crippen molar-refractivity contribution in [3.8, 4) is 5.75 Å². The molecule has 24 heavy (non-hydrogen) atoms. The Bertz CT molecular complexity index is 544. The molecule has 1 saturated heterocycles. The maximum Gasteiger partial charge on any atom is 0.191 e. The largest absolute Gasteiger partial charge is 0.497 e. The molecule has 1 aliphatic heterocycles. The first-order valence-corrected chi connectivity index (χ1v) is 9.07. The molecule has 5 nitrogen and oxygen atoms in total. The Balaban J connectivity index is 1.96. The second kappa shape index (κ2) is 9.52. The minimum absolute atomic E-state index is 0.623. The van der Waals surface area contributed by atoms with Crippen LogP contribution in [0.2, 0.25) is 0 Å². The first-order valence-electron chi connectivity index (χ1n) is 9.07. The number of likely N-dealkylation sites (N-methyl/N-ethyl adjacent to an activating group) is 1. The van der Waals surface area contributed by atoms with Crippen molar-refractivity contribution in [1.29, 1.82) is 0 Å². The third-order valence-corrected chi connectivity index (χ3v) is 4.52. The molecule has 0 aliphatic carbocycles. The number of rotatable bonds is 7. The average molecular weight is 332 g/mol. The summed E-state index contributed by atoms with van der Waals surface area (Å²) in [5.74, 6) is 1.78.